The maximum atomic E-state index is 12.3. The van der Waals surface area contributed by atoms with Crippen molar-refractivity contribution in [1.82, 2.24) is 14.5 Å². The number of fused-ring (bicyclic) bond motifs is 1. The number of amides is 1. The van der Waals surface area contributed by atoms with Gasteiger partial charge >= 0.3 is 0 Å². The number of nitro groups is 1. The number of nitrogens with two attached hydrogens (primary N) is 1. The molecule has 0 saturated carbocycles. The van der Waals surface area contributed by atoms with Crippen molar-refractivity contribution in [2.45, 2.75) is 13.5 Å². The number of rotatable bonds is 4. The van der Waals surface area contributed by atoms with Crippen LogP contribution in [0.4, 0.5) is 5.69 Å². The summed E-state index contributed by atoms with van der Waals surface area (Å²) in [5.41, 5.74) is 4.14. The molecule has 3 aromatic rings. The number of nitrogens with one attached hydrogen (secondary N) is 1. The van der Waals surface area contributed by atoms with Crippen molar-refractivity contribution >= 4 is 22.5 Å². The highest BCUT2D eigenvalue weighted by Gasteiger charge is 2.18. The van der Waals surface area contributed by atoms with Crippen LogP contribution in [0.1, 0.15) is 21.7 Å². The predicted octanol–water partition coefficient (Wildman–Crippen LogP) is 0.449. The van der Waals surface area contributed by atoms with Crippen molar-refractivity contribution in [3.63, 3.8) is 0 Å². The van der Waals surface area contributed by atoms with Crippen LogP contribution in [0.25, 0.3) is 10.9 Å². The number of primary amides is 1. The number of H-pyrrole nitrogens is 1. The minimum absolute atomic E-state index is 0.120. The molecule has 1 amide bonds. The summed E-state index contributed by atoms with van der Waals surface area (Å²) in [6.45, 7) is 1.52. The van der Waals surface area contributed by atoms with Gasteiger partial charge in [-0.3, -0.25) is 24.5 Å². The van der Waals surface area contributed by atoms with Gasteiger partial charge in [0, 0.05) is 6.07 Å². The van der Waals surface area contributed by atoms with Crippen molar-refractivity contribution in [3.8, 4) is 0 Å². The Labute approximate surface area is 145 Å². The monoisotopic (exact) mass is 355 g/mol. The van der Waals surface area contributed by atoms with Crippen LogP contribution < -0.4 is 16.9 Å². The van der Waals surface area contributed by atoms with E-state index in [4.69, 9.17) is 5.73 Å². The zero-order valence-corrected chi connectivity index (χ0v) is 13.6. The molecular weight excluding hydrogens is 342 g/mol. The highest BCUT2D eigenvalue weighted by atomic mass is 16.6. The molecule has 0 fully saturated rings. The standard InChI is InChI=1S/C16H13N5O5/c1-8-3-2-4-10-13(8)18-12(19-15(10)23)7-20-6-9(21(25)26)5-11(14(17)22)16(20)24/h2-6H,7H2,1H3,(H2,17,22)(H,18,19,23). The van der Waals surface area contributed by atoms with Crippen molar-refractivity contribution in [2.75, 3.05) is 0 Å². The molecule has 3 N–H and O–H groups in total. The molecule has 2 aromatic heterocycles. The molecule has 0 atom stereocenters. The van der Waals surface area contributed by atoms with Gasteiger partial charge in [0.15, 0.2) is 0 Å². The summed E-state index contributed by atoms with van der Waals surface area (Å²) >= 11 is 0. The second-order valence-electron chi connectivity index (χ2n) is 5.65. The molecule has 0 aliphatic carbocycles. The fourth-order valence-electron chi connectivity index (χ4n) is 2.60. The second-order valence-corrected chi connectivity index (χ2v) is 5.65. The van der Waals surface area contributed by atoms with Crippen LogP contribution >= 0.6 is 0 Å². The maximum Gasteiger partial charge on any atom is 0.286 e. The van der Waals surface area contributed by atoms with E-state index in [0.717, 1.165) is 22.4 Å². The van der Waals surface area contributed by atoms with E-state index >= 15 is 0 Å². The van der Waals surface area contributed by atoms with Crippen LogP contribution in [0, 0.1) is 17.0 Å². The topological polar surface area (TPSA) is 154 Å². The number of carbonyl (C=O) groups excluding carboxylic acids is 1. The molecule has 0 bridgehead atoms. The lowest BCUT2D eigenvalue weighted by molar-refractivity contribution is -0.385. The highest BCUT2D eigenvalue weighted by molar-refractivity contribution is 5.93. The van der Waals surface area contributed by atoms with Crippen LogP contribution in [0.15, 0.2) is 40.1 Å². The smallest absolute Gasteiger partial charge is 0.286 e. The molecule has 0 aliphatic rings. The van der Waals surface area contributed by atoms with E-state index < -0.39 is 33.2 Å². The van der Waals surface area contributed by atoms with E-state index in [9.17, 15) is 24.5 Å². The highest BCUT2D eigenvalue weighted by Crippen LogP contribution is 2.13. The average Bonchev–Trinajstić information content (AvgIpc) is 2.57. The fraction of sp³-hybridized carbons (Fsp3) is 0.125. The third-order valence-electron chi connectivity index (χ3n) is 3.85. The van der Waals surface area contributed by atoms with Gasteiger partial charge in [0.05, 0.1) is 28.6 Å². The Morgan fingerprint density at radius 3 is 2.77 bits per heavy atom. The molecule has 0 aliphatic heterocycles. The van der Waals surface area contributed by atoms with Gasteiger partial charge in [0.2, 0.25) is 0 Å². The molecule has 0 unspecified atom stereocenters. The number of aryl methyl sites for hydroxylation is 1. The van der Waals surface area contributed by atoms with Crippen LogP contribution in [-0.2, 0) is 6.54 Å². The van der Waals surface area contributed by atoms with Crippen molar-refractivity contribution in [1.29, 1.82) is 0 Å². The Bertz CT molecular complexity index is 1180. The van der Waals surface area contributed by atoms with Crippen molar-refractivity contribution in [3.05, 3.63) is 78.2 Å². The summed E-state index contributed by atoms with van der Waals surface area (Å²) in [5.74, 6) is -0.960. The van der Waals surface area contributed by atoms with Gasteiger partial charge in [0.25, 0.3) is 22.7 Å². The molecule has 0 radical (unpaired) electrons. The predicted molar refractivity (Wildman–Crippen MR) is 92.1 cm³/mol. The van der Waals surface area contributed by atoms with Crippen molar-refractivity contribution in [2.24, 2.45) is 5.73 Å². The molecule has 132 valence electrons. The third-order valence-corrected chi connectivity index (χ3v) is 3.85. The molecule has 26 heavy (non-hydrogen) atoms. The summed E-state index contributed by atoms with van der Waals surface area (Å²) in [5, 5.41) is 11.4. The Balaban J connectivity index is 2.18. The van der Waals surface area contributed by atoms with E-state index in [0.29, 0.717) is 10.9 Å². The number of carbonyl (C=O) groups is 1. The van der Waals surface area contributed by atoms with Gasteiger partial charge < -0.3 is 15.3 Å². The van der Waals surface area contributed by atoms with Crippen LogP contribution in [0.5, 0.6) is 0 Å². The average molecular weight is 355 g/mol. The number of aromatic nitrogens is 3. The van der Waals surface area contributed by atoms with E-state index in [1.165, 1.54) is 0 Å². The molecule has 10 nitrogen and oxygen atoms in total. The van der Waals surface area contributed by atoms with E-state index in [-0.39, 0.29) is 12.4 Å². The SMILES string of the molecule is Cc1cccc2c(=O)[nH]c(Cn3cc([N+](=O)[O-])cc(C(N)=O)c3=O)nc12. The lowest BCUT2D eigenvalue weighted by Gasteiger charge is -2.08. The zero-order valence-electron chi connectivity index (χ0n) is 13.6. The lowest BCUT2D eigenvalue weighted by Crippen LogP contribution is -2.30. The number of hydrogen-bond donors (Lipinski definition) is 2. The van der Waals surface area contributed by atoms with Gasteiger partial charge in [-0.25, -0.2) is 4.98 Å². The summed E-state index contributed by atoms with van der Waals surface area (Å²) < 4.78 is 0.917. The van der Waals surface area contributed by atoms with Gasteiger partial charge in [0.1, 0.15) is 11.4 Å². The van der Waals surface area contributed by atoms with Gasteiger partial charge in [-0.1, -0.05) is 12.1 Å². The maximum absolute atomic E-state index is 12.3. The molecule has 10 heteroatoms. The normalized spacial score (nSPS) is 10.8. The number of hydrogen-bond acceptors (Lipinski definition) is 6. The first-order chi connectivity index (χ1) is 12.3. The number of nitrogens with zero attached hydrogens (tertiary/aromatic N) is 3. The van der Waals surface area contributed by atoms with Crippen LogP contribution in [0.3, 0.4) is 0 Å². The Morgan fingerprint density at radius 1 is 1.38 bits per heavy atom. The molecule has 0 spiro atoms. The molecule has 3 rings (SSSR count). The van der Waals surface area contributed by atoms with Gasteiger partial charge in [-0.05, 0) is 18.6 Å². The minimum atomic E-state index is -1.08. The first-order valence-electron chi connectivity index (χ1n) is 7.45. The lowest BCUT2D eigenvalue weighted by atomic mass is 10.1. The minimum Gasteiger partial charge on any atom is -0.365 e. The largest absolute Gasteiger partial charge is 0.365 e. The van der Waals surface area contributed by atoms with E-state index in [2.05, 4.69) is 9.97 Å². The molecule has 1 aromatic carbocycles. The molecule has 2 heterocycles. The van der Waals surface area contributed by atoms with Gasteiger partial charge in [-0.15, -0.1) is 0 Å². The first kappa shape index (κ1) is 17.0. The quantitative estimate of drug-likeness (QED) is 0.511. The van der Waals surface area contributed by atoms with E-state index in [1.54, 1.807) is 25.1 Å². The third kappa shape index (κ3) is 2.95. The second kappa shape index (κ2) is 6.24. The number of pyridine rings is 1. The van der Waals surface area contributed by atoms with Gasteiger partial charge in [-0.2, -0.15) is 0 Å². The Kier molecular flexibility index (Phi) is 4.08. The summed E-state index contributed by atoms with van der Waals surface area (Å²) in [4.78, 5) is 53.1. The Morgan fingerprint density at radius 2 is 2.12 bits per heavy atom. The fourth-order valence-corrected chi connectivity index (χ4v) is 2.60. The number of benzene rings is 1. The number of aromatic amines is 1. The summed E-state index contributed by atoms with van der Waals surface area (Å²) in [6.07, 6.45) is 0.969. The number of para-hydroxylation sites is 1. The van der Waals surface area contributed by atoms with Crippen LogP contribution in [0.2, 0.25) is 0 Å². The molecular formula is C16H13N5O5. The van der Waals surface area contributed by atoms with E-state index in [1.807, 2.05) is 0 Å². The summed E-state index contributed by atoms with van der Waals surface area (Å²) in [7, 11) is 0. The van der Waals surface area contributed by atoms with Crippen LogP contribution in [-0.4, -0.2) is 25.4 Å². The molecule has 0 saturated heterocycles. The zero-order chi connectivity index (χ0) is 19.0. The first-order valence-corrected chi connectivity index (χ1v) is 7.45. The van der Waals surface area contributed by atoms with Crippen molar-refractivity contribution < 1.29 is 9.72 Å². The Hall–Kier alpha value is -3.82. The summed E-state index contributed by atoms with van der Waals surface area (Å²) in [6, 6.07) is 5.94.